The van der Waals surface area contributed by atoms with Gasteiger partial charge >= 0.3 is 0 Å². The lowest BCUT2D eigenvalue weighted by atomic mass is 10.0. The Balaban J connectivity index is 1.72. The van der Waals surface area contributed by atoms with Crippen LogP contribution in [0.15, 0.2) is 18.2 Å². The van der Waals surface area contributed by atoms with Crippen LogP contribution in [0, 0.1) is 32.6 Å². The molecule has 0 radical (unpaired) electrons. The van der Waals surface area contributed by atoms with E-state index in [2.05, 4.69) is 31.0 Å². The van der Waals surface area contributed by atoms with Crippen molar-refractivity contribution in [2.24, 2.45) is 17.6 Å². The molecule has 1 saturated heterocycles. The number of primary amides is 1. The number of carbonyl (C=O) groups excluding carboxylic acids is 2. The van der Waals surface area contributed by atoms with Crippen LogP contribution in [-0.4, -0.2) is 34.3 Å². The fourth-order valence-electron chi connectivity index (χ4n) is 3.83. The highest BCUT2D eigenvalue weighted by molar-refractivity contribution is 7.15. The van der Waals surface area contributed by atoms with E-state index < -0.39 is 11.9 Å². The predicted octanol–water partition coefficient (Wildman–Crippen LogP) is 2.68. The standard InChI is InChI=1S/C19H21N3O2S/c1-9-4-5-12(6-10(9)2)17-15(21-11(3)25-17)19(24)22-8-13-7-14(13)16(22)18(20)23/h4-6,13-14,16H,7-8H2,1-3H3,(H2,20,23)/t13-,14-,16-/m0/s1. The largest absolute Gasteiger partial charge is 0.368 e. The Kier molecular flexibility index (Phi) is 3.68. The van der Waals surface area contributed by atoms with Gasteiger partial charge in [0.05, 0.1) is 9.88 Å². The molecule has 1 aromatic heterocycles. The van der Waals surface area contributed by atoms with Crippen LogP contribution in [0.3, 0.4) is 0 Å². The quantitative estimate of drug-likeness (QED) is 0.920. The number of nitrogens with two attached hydrogens (primary N) is 1. The number of rotatable bonds is 3. The second-order valence-corrected chi connectivity index (χ2v) is 8.38. The van der Waals surface area contributed by atoms with Crippen LogP contribution >= 0.6 is 11.3 Å². The van der Waals surface area contributed by atoms with Gasteiger partial charge in [0, 0.05) is 6.54 Å². The van der Waals surface area contributed by atoms with Gasteiger partial charge in [0.2, 0.25) is 5.91 Å². The number of hydrogen-bond donors (Lipinski definition) is 1. The van der Waals surface area contributed by atoms with E-state index in [1.165, 1.54) is 22.5 Å². The van der Waals surface area contributed by atoms with E-state index in [9.17, 15) is 9.59 Å². The third-order valence-electron chi connectivity index (χ3n) is 5.41. The van der Waals surface area contributed by atoms with Crippen LogP contribution < -0.4 is 5.73 Å². The molecule has 3 atom stereocenters. The van der Waals surface area contributed by atoms with E-state index in [-0.39, 0.29) is 11.8 Å². The van der Waals surface area contributed by atoms with Gasteiger partial charge < -0.3 is 10.6 Å². The number of piperidine rings is 1. The molecule has 25 heavy (non-hydrogen) atoms. The first kappa shape index (κ1) is 16.3. The van der Waals surface area contributed by atoms with Gasteiger partial charge in [-0.05, 0) is 55.7 Å². The van der Waals surface area contributed by atoms with Gasteiger partial charge in [0.1, 0.15) is 11.7 Å². The molecule has 2 amide bonds. The zero-order valence-corrected chi connectivity index (χ0v) is 15.4. The number of carbonyl (C=O) groups is 2. The van der Waals surface area contributed by atoms with Crippen molar-refractivity contribution in [3.8, 4) is 10.4 Å². The summed E-state index contributed by atoms with van der Waals surface area (Å²) in [6.45, 7) is 6.64. The zero-order chi connectivity index (χ0) is 17.9. The summed E-state index contributed by atoms with van der Waals surface area (Å²) in [7, 11) is 0. The maximum Gasteiger partial charge on any atom is 0.274 e. The molecule has 5 nitrogen and oxygen atoms in total. The molecule has 2 aliphatic rings. The molecule has 2 heterocycles. The Bertz CT molecular complexity index is 889. The summed E-state index contributed by atoms with van der Waals surface area (Å²) < 4.78 is 0. The third-order valence-corrected chi connectivity index (χ3v) is 6.43. The zero-order valence-electron chi connectivity index (χ0n) is 14.6. The Morgan fingerprint density at radius 2 is 2.00 bits per heavy atom. The van der Waals surface area contributed by atoms with Crippen LogP contribution in [0.4, 0.5) is 0 Å². The van der Waals surface area contributed by atoms with E-state index in [0.29, 0.717) is 18.2 Å². The number of likely N-dealkylation sites (tertiary alicyclic amines) is 1. The first-order valence-electron chi connectivity index (χ1n) is 8.52. The molecule has 1 aromatic carbocycles. The van der Waals surface area contributed by atoms with Gasteiger partial charge in [-0.1, -0.05) is 18.2 Å². The van der Waals surface area contributed by atoms with Crippen LogP contribution in [-0.2, 0) is 4.79 Å². The minimum atomic E-state index is -0.480. The van der Waals surface area contributed by atoms with Crippen LogP contribution in [0.2, 0.25) is 0 Å². The van der Waals surface area contributed by atoms with Crippen molar-refractivity contribution in [3.05, 3.63) is 40.0 Å². The van der Waals surface area contributed by atoms with Crippen molar-refractivity contribution >= 4 is 23.2 Å². The molecule has 1 aliphatic heterocycles. The minimum absolute atomic E-state index is 0.173. The Morgan fingerprint density at radius 1 is 1.24 bits per heavy atom. The topological polar surface area (TPSA) is 76.3 Å². The van der Waals surface area contributed by atoms with Gasteiger partial charge in [-0.3, -0.25) is 9.59 Å². The average molecular weight is 355 g/mol. The Hall–Kier alpha value is -2.21. The second-order valence-electron chi connectivity index (χ2n) is 7.17. The lowest BCUT2D eigenvalue weighted by molar-refractivity contribution is -0.122. The number of hydrogen-bond acceptors (Lipinski definition) is 4. The molecular weight excluding hydrogens is 334 g/mol. The molecule has 130 valence electrons. The van der Waals surface area contributed by atoms with Gasteiger partial charge in [0.25, 0.3) is 5.91 Å². The van der Waals surface area contributed by atoms with E-state index in [1.807, 2.05) is 13.0 Å². The van der Waals surface area contributed by atoms with Crippen molar-refractivity contribution in [3.63, 3.8) is 0 Å². The van der Waals surface area contributed by atoms with Crippen molar-refractivity contribution in [2.75, 3.05) is 6.54 Å². The molecule has 4 rings (SSSR count). The molecule has 2 fully saturated rings. The van der Waals surface area contributed by atoms with Crippen LogP contribution in [0.25, 0.3) is 10.4 Å². The highest BCUT2D eigenvalue weighted by Crippen LogP contribution is 2.50. The Morgan fingerprint density at radius 3 is 2.68 bits per heavy atom. The number of benzene rings is 1. The Labute approximate surface area is 150 Å². The second kappa shape index (κ2) is 5.66. The van der Waals surface area contributed by atoms with Crippen molar-refractivity contribution < 1.29 is 9.59 Å². The number of aromatic nitrogens is 1. The number of thiazole rings is 1. The number of fused-ring (bicyclic) bond motifs is 1. The first-order valence-corrected chi connectivity index (χ1v) is 9.34. The molecule has 0 spiro atoms. The summed E-state index contributed by atoms with van der Waals surface area (Å²) in [5, 5.41) is 0.844. The highest BCUT2D eigenvalue weighted by atomic mass is 32.1. The van der Waals surface area contributed by atoms with E-state index in [0.717, 1.165) is 21.9 Å². The molecule has 1 saturated carbocycles. The van der Waals surface area contributed by atoms with Gasteiger partial charge in [0.15, 0.2) is 0 Å². The van der Waals surface area contributed by atoms with Crippen molar-refractivity contribution in [1.82, 2.24) is 9.88 Å². The lowest BCUT2D eigenvalue weighted by Crippen LogP contribution is -2.46. The first-order chi connectivity index (χ1) is 11.9. The van der Waals surface area contributed by atoms with Crippen molar-refractivity contribution in [2.45, 2.75) is 33.2 Å². The molecule has 2 N–H and O–H groups in total. The summed E-state index contributed by atoms with van der Waals surface area (Å²) >= 11 is 1.52. The average Bonchev–Trinajstić information content (AvgIpc) is 3.03. The molecule has 2 aromatic rings. The fourth-order valence-corrected chi connectivity index (χ4v) is 4.73. The molecule has 6 heteroatoms. The van der Waals surface area contributed by atoms with Crippen molar-refractivity contribution in [1.29, 1.82) is 0 Å². The lowest BCUT2D eigenvalue weighted by Gasteiger charge is -2.24. The van der Waals surface area contributed by atoms with Crippen LogP contribution in [0.5, 0.6) is 0 Å². The fraction of sp³-hybridized carbons (Fsp3) is 0.421. The molecular formula is C19H21N3O2S. The summed E-state index contributed by atoms with van der Waals surface area (Å²) in [4.78, 5) is 32.0. The summed E-state index contributed by atoms with van der Waals surface area (Å²) in [6, 6.07) is 5.70. The SMILES string of the molecule is Cc1nc(C(=O)N2C[C@@H]3C[C@@H]3[C@H]2C(N)=O)c(-c2ccc(C)c(C)c2)s1. The predicted molar refractivity (Wildman–Crippen MR) is 97.4 cm³/mol. The van der Waals surface area contributed by atoms with Gasteiger partial charge in [-0.2, -0.15) is 0 Å². The van der Waals surface area contributed by atoms with E-state index >= 15 is 0 Å². The maximum atomic E-state index is 13.1. The maximum absolute atomic E-state index is 13.1. The molecule has 0 unspecified atom stereocenters. The highest BCUT2D eigenvalue weighted by Gasteiger charge is 2.56. The van der Waals surface area contributed by atoms with Gasteiger partial charge in [-0.25, -0.2) is 4.98 Å². The molecule has 0 bridgehead atoms. The monoisotopic (exact) mass is 355 g/mol. The smallest absolute Gasteiger partial charge is 0.274 e. The van der Waals surface area contributed by atoms with Gasteiger partial charge in [-0.15, -0.1) is 11.3 Å². The summed E-state index contributed by atoms with van der Waals surface area (Å²) in [6.07, 6.45) is 0.998. The van der Waals surface area contributed by atoms with E-state index in [4.69, 9.17) is 5.73 Å². The normalized spacial score (nSPS) is 24.3. The summed E-state index contributed by atoms with van der Waals surface area (Å²) in [5.74, 6) is 0.0871. The summed E-state index contributed by atoms with van der Waals surface area (Å²) in [5.41, 5.74) is 9.40. The number of nitrogens with zero attached hydrogens (tertiary/aromatic N) is 2. The minimum Gasteiger partial charge on any atom is -0.368 e. The molecule has 1 aliphatic carbocycles. The third kappa shape index (κ3) is 2.65. The van der Waals surface area contributed by atoms with E-state index in [1.54, 1.807) is 4.90 Å². The number of aryl methyl sites for hydroxylation is 3. The number of amides is 2. The van der Waals surface area contributed by atoms with Crippen LogP contribution in [0.1, 0.15) is 33.0 Å².